The monoisotopic (exact) mass is 660 g/mol. The van der Waals surface area contributed by atoms with Gasteiger partial charge in [-0.25, -0.2) is 0 Å². The molecule has 8 rings (SSSR count). The molecule has 0 aliphatic carbocycles. The largest absolute Gasteiger partial charge is 0.310 e. The highest BCUT2D eigenvalue weighted by Crippen LogP contribution is 2.46. The van der Waals surface area contributed by atoms with E-state index in [0.29, 0.717) is 6.42 Å². The van der Waals surface area contributed by atoms with Crippen molar-refractivity contribution in [2.45, 2.75) is 6.42 Å². The van der Waals surface area contributed by atoms with Crippen molar-refractivity contribution in [2.75, 3.05) is 16.5 Å². The first-order valence-corrected chi connectivity index (χ1v) is 17.4. The molecule has 8 aromatic rings. The summed E-state index contributed by atoms with van der Waals surface area (Å²) in [4.78, 5) is 4.67. The Bertz CT molecular complexity index is 2280. The molecule has 3 heteroatoms. The molecule has 246 valence electrons. The van der Waals surface area contributed by atoms with Crippen molar-refractivity contribution >= 4 is 44.9 Å². The van der Waals surface area contributed by atoms with Gasteiger partial charge in [0.2, 0.25) is 0 Å². The molecule has 0 heterocycles. The van der Waals surface area contributed by atoms with E-state index in [1.807, 2.05) is 12.1 Å². The normalized spacial score (nSPS) is 11.0. The molecule has 0 unspecified atom stereocenters. The second-order valence-corrected chi connectivity index (χ2v) is 12.6. The average molecular weight is 661 g/mol. The van der Waals surface area contributed by atoms with Crippen LogP contribution in [0.25, 0.3) is 33.0 Å². The Labute approximate surface area is 299 Å². The van der Waals surface area contributed by atoms with Gasteiger partial charge >= 0.3 is 0 Å². The Kier molecular flexibility index (Phi) is 9.09. The maximum atomic E-state index is 13.2. The lowest BCUT2D eigenvalue weighted by Gasteiger charge is -2.31. The maximum absolute atomic E-state index is 13.2. The summed E-state index contributed by atoms with van der Waals surface area (Å²) in [5.74, 6) is 0. The van der Waals surface area contributed by atoms with Crippen LogP contribution < -0.4 is 9.80 Å². The van der Waals surface area contributed by atoms with Gasteiger partial charge in [0.15, 0.2) is 0 Å². The smallest absolute Gasteiger partial charge is 0.0934 e. The summed E-state index contributed by atoms with van der Waals surface area (Å²) >= 11 is 0. The summed E-state index contributed by atoms with van der Waals surface area (Å²) in [6.45, 7) is -0.370. The summed E-state index contributed by atoms with van der Waals surface area (Å²) in [5.41, 5.74) is 12.0. The van der Waals surface area contributed by atoms with Crippen molar-refractivity contribution in [3.63, 3.8) is 0 Å². The van der Waals surface area contributed by atoms with Crippen LogP contribution in [0.5, 0.6) is 0 Å². The summed E-state index contributed by atoms with van der Waals surface area (Å²) in [6, 6.07) is 70.4. The number of rotatable bonds is 10. The fourth-order valence-electron chi connectivity index (χ4n) is 6.97. The summed E-state index contributed by atoms with van der Waals surface area (Å²) < 4.78 is 13.2. The lowest BCUT2D eigenvalue weighted by atomic mass is 9.99. The molecule has 0 bridgehead atoms. The van der Waals surface area contributed by atoms with Gasteiger partial charge in [-0.3, -0.25) is 4.39 Å². The van der Waals surface area contributed by atoms with Gasteiger partial charge in [0.25, 0.3) is 0 Å². The van der Waals surface area contributed by atoms with Gasteiger partial charge in [-0.1, -0.05) is 146 Å². The lowest BCUT2D eigenvalue weighted by Crippen LogP contribution is -2.14. The Morgan fingerprint density at radius 1 is 0.353 bits per heavy atom. The van der Waals surface area contributed by atoms with Crippen LogP contribution in [-0.4, -0.2) is 6.67 Å². The molecule has 0 N–H and O–H groups in total. The predicted octanol–water partition coefficient (Wildman–Crippen LogP) is 13.6. The third-order valence-electron chi connectivity index (χ3n) is 9.41. The van der Waals surface area contributed by atoms with Gasteiger partial charge in [0, 0.05) is 40.0 Å². The van der Waals surface area contributed by atoms with Crippen molar-refractivity contribution < 1.29 is 4.39 Å². The van der Waals surface area contributed by atoms with Gasteiger partial charge in [0.05, 0.1) is 23.7 Å². The van der Waals surface area contributed by atoms with Gasteiger partial charge in [-0.15, -0.1) is 0 Å². The summed E-state index contributed by atoms with van der Waals surface area (Å²) in [6.07, 6.45) is 0.411. The number of benzene rings is 8. The average Bonchev–Trinajstić information content (AvgIpc) is 3.21. The highest BCUT2D eigenvalue weighted by Gasteiger charge is 2.21. The minimum Gasteiger partial charge on any atom is -0.310 e. The van der Waals surface area contributed by atoms with Crippen molar-refractivity contribution in [1.29, 1.82) is 0 Å². The van der Waals surface area contributed by atoms with Crippen LogP contribution in [-0.2, 0) is 6.42 Å². The fourth-order valence-corrected chi connectivity index (χ4v) is 6.97. The van der Waals surface area contributed by atoms with Gasteiger partial charge in [0.1, 0.15) is 0 Å². The Hall–Kier alpha value is -6.45. The van der Waals surface area contributed by atoms with Crippen LogP contribution in [0.1, 0.15) is 5.56 Å². The van der Waals surface area contributed by atoms with Crippen LogP contribution in [0.4, 0.5) is 38.5 Å². The minimum atomic E-state index is -0.370. The number of halogens is 1. The van der Waals surface area contributed by atoms with Crippen LogP contribution in [0.15, 0.2) is 200 Å². The Morgan fingerprint density at radius 2 is 0.784 bits per heavy atom. The van der Waals surface area contributed by atoms with Crippen molar-refractivity contribution in [2.24, 2.45) is 0 Å². The van der Waals surface area contributed by atoms with Gasteiger partial charge in [-0.05, 0) is 76.7 Å². The van der Waals surface area contributed by atoms with Gasteiger partial charge < -0.3 is 9.80 Å². The third-order valence-corrected chi connectivity index (χ3v) is 9.41. The van der Waals surface area contributed by atoms with E-state index in [4.69, 9.17) is 0 Å². The molecule has 0 radical (unpaired) electrons. The minimum absolute atomic E-state index is 0.370. The topological polar surface area (TPSA) is 6.48 Å². The SMILES string of the molecule is FCCc1ccc(N(c2ccc(N(c3ccccc3-c3ccccc3)c3ccccc3-c3ccccc3)cc2)c2cccc3ccccc23)cc1. The van der Waals surface area contributed by atoms with Crippen molar-refractivity contribution in [1.82, 2.24) is 0 Å². The van der Waals surface area contributed by atoms with E-state index < -0.39 is 0 Å². The number of para-hydroxylation sites is 2. The zero-order valence-electron chi connectivity index (χ0n) is 28.2. The van der Waals surface area contributed by atoms with E-state index in [2.05, 4.69) is 198 Å². The Morgan fingerprint density at radius 3 is 1.35 bits per heavy atom. The molecule has 0 aliphatic heterocycles. The molecule has 0 spiro atoms. The summed E-state index contributed by atoms with van der Waals surface area (Å²) in [7, 11) is 0. The van der Waals surface area contributed by atoms with Crippen LogP contribution in [0, 0.1) is 0 Å². The lowest BCUT2D eigenvalue weighted by molar-refractivity contribution is 0.495. The highest BCUT2D eigenvalue weighted by molar-refractivity contribution is 5.99. The molecule has 0 amide bonds. The fraction of sp³-hybridized carbons (Fsp3) is 0.0417. The van der Waals surface area contributed by atoms with E-state index in [1.54, 1.807) is 0 Å². The second kappa shape index (κ2) is 14.6. The maximum Gasteiger partial charge on any atom is 0.0934 e. The summed E-state index contributed by atoms with van der Waals surface area (Å²) in [5, 5.41) is 2.33. The van der Waals surface area contributed by atoms with E-state index in [0.717, 1.165) is 67.3 Å². The molecular formula is C48H37FN2. The number of fused-ring (bicyclic) bond motifs is 1. The molecule has 0 atom stereocenters. The second-order valence-electron chi connectivity index (χ2n) is 12.6. The Balaban J connectivity index is 1.30. The van der Waals surface area contributed by atoms with Gasteiger partial charge in [-0.2, -0.15) is 0 Å². The van der Waals surface area contributed by atoms with Crippen molar-refractivity contribution in [3.05, 3.63) is 206 Å². The molecule has 0 aromatic heterocycles. The molecular weight excluding hydrogens is 624 g/mol. The van der Waals surface area contributed by atoms with Crippen molar-refractivity contribution in [3.8, 4) is 22.3 Å². The first-order valence-electron chi connectivity index (χ1n) is 17.4. The molecule has 0 saturated heterocycles. The molecule has 0 fully saturated rings. The number of nitrogens with zero attached hydrogens (tertiary/aromatic N) is 2. The van der Waals surface area contributed by atoms with E-state index in [-0.39, 0.29) is 6.67 Å². The standard InChI is InChI=1S/C48H37FN2/c49-35-34-36-26-28-40(29-27-36)50(46-25-13-19-39-18-7-8-20-43(39)46)41-30-32-42(33-31-41)51(47-23-11-9-21-44(47)37-14-3-1-4-15-37)48-24-12-10-22-45(48)38-16-5-2-6-17-38/h1-33H,34-35H2. The molecule has 0 aliphatic rings. The number of aryl methyl sites for hydroxylation is 1. The first-order chi connectivity index (χ1) is 25.3. The molecule has 51 heavy (non-hydrogen) atoms. The van der Waals surface area contributed by atoms with E-state index >= 15 is 0 Å². The number of alkyl halides is 1. The van der Waals surface area contributed by atoms with Crippen LogP contribution in [0.3, 0.4) is 0 Å². The molecule has 8 aromatic carbocycles. The van der Waals surface area contributed by atoms with E-state index in [1.165, 1.54) is 5.39 Å². The zero-order chi connectivity index (χ0) is 34.4. The van der Waals surface area contributed by atoms with Crippen LogP contribution >= 0.6 is 0 Å². The molecule has 2 nitrogen and oxygen atoms in total. The van der Waals surface area contributed by atoms with E-state index in [9.17, 15) is 4.39 Å². The predicted molar refractivity (Wildman–Crippen MR) is 214 cm³/mol. The zero-order valence-corrected chi connectivity index (χ0v) is 28.2. The quantitative estimate of drug-likeness (QED) is 0.144. The first kappa shape index (κ1) is 31.8. The number of hydrogen-bond acceptors (Lipinski definition) is 2. The van der Waals surface area contributed by atoms with Crippen LogP contribution in [0.2, 0.25) is 0 Å². The highest BCUT2D eigenvalue weighted by atomic mass is 19.1. The number of anilines is 6. The molecule has 0 saturated carbocycles. The third kappa shape index (κ3) is 6.50. The number of hydrogen-bond donors (Lipinski definition) is 0.